The summed E-state index contributed by atoms with van der Waals surface area (Å²) in [7, 11) is 0. The van der Waals surface area contributed by atoms with Gasteiger partial charge in [-0.25, -0.2) is 0 Å². The van der Waals surface area contributed by atoms with Gasteiger partial charge in [-0.2, -0.15) is 0 Å². The number of rotatable bonds is 4. The van der Waals surface area contributed by atoms with Crippen LogP contribution >= 0.6 is 0 Å². The summed E-state index contributed by atoms with van der Waals surface area (Å²) in [5.41, 5.74) is 6.75. The van der Waals surface area contributed by atoms with Gasteiger partial charge in [0.15, 0.2) is 0 Å². The summed E-state index contributed by atoms with van der Waals surface area (Å²) in [6.07, 6.45) is 0. The van der Waals surface area contributed by atoms with Crippen LogP contribution in [-0.4, -0.2) is 34.2 Å². The van der Waals surface area contributed by atoms with E-state index in [1.54, 1.807) is 27.7 Å². The Morgan fingerprint density at radius 2 is 0.786 bits per heavy atom. The van der Waals surface area contributed by atoms with Crippen LogP contribution in [-0.2, 0) is 65.3 Å². The number of carbonyl (C=O) groups excluding carboxylic acids is 2. The minimum absolute atomic E-state index is 0. The average molecular weight is 612 g/mol. The maximum absolute atomic E-state index is 9.97. The first-order valence-corrected chi connectivity index (χ1v) is 6.28. The molecule has 0 bridgehead atoms. The summed E-state index contributed by atoms with van der Waals surface area (Å²) in [6.45, 7) is 7.20. The number of hydrogen-bond donors (Lipinski definition) is 2. The third-order valence-electron chi connectivity index (χ3n) is 2.21. The van der Waals surface area contributed by atoms with Crippen LogP contribution in [0.2, 0.25) is 0 Å². The SMILES string of the molecule is CC(C)[C@@H]([NH3+])C(=O)[O-].CC(C)[C@H]([NH3+])C(=O)[O-].O=[N+]([O-])[O-].O=[N+]([O-])[O-].[Ag+].[Ag+].[OH3+].[OH3+]. The van der Waals surface area contributed by atoms with Crippen molar-refractivity contribution in [2.45, 2.75) is 39.8 Å². The minimum atomic E-state index is -1.75. The van der Waals surface area contributed by atoms with Gasteiger partial charge in [0.05, 0.1) is 22.1 Å². The second-order valence-electron chi connectivity index (χ2n) is 4.79. The standard InChI is InChI=1S/2C5H11NO2.2Ag.2NO3.2H2O/c2*1-3(2)4(6)5(7)8;;;2*2-1(3)4;;/h2*3-4H,6H2,1-2H3,(H,7,8);;;;;2*1H2/q;;2*+1;2*-1;;/p+2/t2*4-;;;;;;/m10....../s1. The van der Waals surface area contributed by atoms with Gasteiger partial charge in [0.25, 0.3) is 0 Å². The van der Waals surface area contributed by atoms with Crippen LogP contribution in [0.15, 0.2) is 0 Å². The van der Waals surface area contributed by atoms with E-state index in [9.17, 15) is 19.8 Å². The molecule has 0 unspecified atom stereocenters. The quantitative estimate of drug-likeness (QED) is 0.131. The third-order valence-corrected chi connectivity index (χ3v) is 2.21. The van der Waals surface area contributed by atoms with Gasteiger partial charge in [-0.1, -0.05) is 27.7 Å². The molecule has 0 radical (unpaired) electrons. The van der Waals surface area contributed by atoms with Crippen LogP contribution in [0.4, 0.5) is 0 Å². The van der Waals surface area contributed by atoms with Gasteiger partial charge in [0.1, 0.15) is 12.1 Å². The molecule has 0 rings (SSSR count). The first-order chi connectivity index (χ1) is 10.6. The van der Waals surface area contributed by atoms with E-state index in [2.05, 4.69) is 11.5 Å². The Morgan fingerprint density at radius 3 is 0.786 bits per heavy atom. The van der Waals surface area contributed by atoms with Crippen LogP contribution in [0.25, 0.3) is 0 Å². The van der Waals surface area contributed by atoms with Gasteiger partial charge >= 0.3 is 44.8 Å². The summed E-state index contributed by atoms with van der Waals surface area (Å²) in [4.78, 5) is 36.4. The van der Waals surface area contributed by atoms with Crippen molar-refractivity contribution in [1.29, 1.82) is 0 Å². The maximum atomic E-state index is 9.97. The first kappa shape index (κ1) is 50.4. The Bertz CT molecular complexity index is 357. The molecule has 0 aromatic heterocycles. The predicted molar refractivity (Wildman–Crippen MR) is 83.5 cm³/mol. The van der Waals surface area contributed by atoms with Gasteiger partial charge in [0, 0.05) is 11.8 Å². The van der Waals surface area contributed by atoms with E-state index in [4.69, 9.17) is 30.6 Å². The van der Waals surface area contributed by atoms with E-state index < -0.39 is 34.2 Å². The molecule has 12 N–H and O–H groups in total. The molecule has 0 amide bonds. The van der Waals surface area contributed by atoms with E-state index in [-0.39, 0.29) is 67.5 Å². The molecule has 18 heteroatoms. The van der Waals surface area contributed by atoms with Crippen molar-refractivity contribution in [1.82, 2.24) is 0 Å². The molecule has 2 atom stereocenters. The summed E-state index contributed by atoms with van der Waals surface area (Å²) in [5.74, 6) is -2.00. The van der Waals surface area contributed by atoms with E-state index >= 15 is 0 Å². The van der Waals surface area contributed by atoms with Crippen molar-refractivity contribution in [3.8, 4) is 0 Å². The molecule has 0 heterocycles. The summed E-state index contributed by atoms with van der Waals surface area (Å²) < 4.78 is 0. The van der Waals surface area contributed by atoms with E-state index in [0.717, 1.165) is 0 Å². The zero-order valence-corrected chi connectivity index (χ0v) is 18.4. The Balaban J connectivity index is -0.0000000317. The van der Waals surface area contributed by atoms with Crippen LogP contribution in [0.5, 0.6) is 0 Å². The summed E-state index contributed by atoms with van der Waals surface area (Å²) >= 11 is 0. The van der Waals surface area contributed by atoms with Gasteiger partial charge < -0.3 is 72.9 Å². The Labute approximate surface area is 191 Å². The largest absolute Gasteiger partial charge is 1.00 e. The fourth-order valence-corrected chi connectivity index (χ4v) is 0.544. The van der Waals surface area contributed by atoms with Crippen molar-refractivity contribution in [3.05, 3.63) is 30.6 Å². The second-order valence-corrected chi connectivity index (χ2v) is 4.79. The van der Waals surface area contributed by atoms with Gasteiger partial charge in [-0.05, 0) is 0 Å². The molecule has 16 nitrogen and oxygen atoms in total. The molecular weight excluding hydrogens is 584 g/mol. The van der Waals surface area contributed by atoms with Crippen LogP contribution < -0.4 is 21.7 Å². The van der Waals surface area contributed by atoms with Crippen molar-refractivity contribution in [3.63, 3.8) is 0 Å². The summed E-state index contributed by atoms with van der Waals surface area (Å²) in [6, 6.07) is -1.15. The van der Waals surface area contributed by atoms with Crippen molar-refractivity contribution >= 4 is 11.9 Å². The Kier molecular flexibility index (Phi) is 54.7. The van der Waals surface area contributed by atoms with Gasteiger partial charge in [-0.15, -0.1) is 0 Å². The predicted octanol–water partition coefficient (Wildman–Crippen LogP) is -6.32. The van der Waals surface area contributed by atoms with Crippen LogP contribution in [0.1, 0.15) is 27.7 Å². The molecule has 28 heavy (non-hydrogen) atoms. The number of quaternary nitrogens is 2. The number of carbonyl (C=O) groups is 2. The summed E-state index contributed by atoms with van der Waals surface area (Å²) in [5, 5.41) is 49.4. The average Bonchev–Trinajstić information content (AvgIpc) is 2.35. The fraction of sp³-hybridized carbons (Fsp3) is 0.800. The number of aliphatic carboxylic acids is 2. The normalized spacial score (nSPS) is 9.71. The third kappa shape index (κ3) is 64.2. The Hall–Kier alpha value is -1.34. The van der Waals surface area contributed by atoms with Crippen molar-refractivity contribution in [2.75, 3.05) is 0 Å². The smallest absolute Gasteiger partial charge is 0.544 e. The van der Waals surface area contributed by atoms with E-state index in [1.807, 2.05) is 0 Å². The zero-order chi connectivity index (χ0) is 20.6. The minimum Gasteiger partial charge on any atom is -0.544 e. The Morgan fingerprint density at radius 1 is 0.679 bits per heavy atom. The molecule has 0 aromatic rings. The molecule has 0 aliphatic carbocycles. The number of hydrogen-bond acceptors (Lipinski definition) is 10. The first-order valence-electron chi connectivity index (χ1n) is 6.28. The molecule has 0 spiro atoms. The molecule has 0 fully saturated rings. The van der Waals surface area contributed by atoms with Crippen molar-refractivity contribution in [2.24, 2.45) is 11.8 Å². The fourth-order valence-electron chi connectivity index (χ4n) is 0.544. The molecule has 180 valence electrons. The number of carboxylic acids is 2. The maximum Gasteiger partial charge on any atom is 1.00 e. The van der Waals surface area contributed by atoms with Crippen LogP contribution in [0.3, 0.4) is 0 Å². The molecule has 0 aromatic carbocycles. The topological polar surface area (TPSA) is 334 Å². The molecule has 0 aliphatic rings. The number of carboxylic acid groups (broad SMARTS) is 2. The van der Waals surface area contributed by atoms with E-state index in [1.165, 1.54) is 0 Å². The molecule has 0 aliphatic heterocycles. The second kappa shape index (κ2) is 30.4. The molecule has 0 saturated carbocycles. The number of nitrogens with zero attached hydrogens (tertiary/aromatic N) is 2. The van der Waals surface area contributed by atoms with Gasteiger partial charge in [-0.3, -0.25) is 0 Å². The van der Waals surface area contributed by atoms with E-state index in [0.29, 0.717) is 0 Å². The van der Waals surface area contributed by atoms with Crippen molar-refractivity contribution < 1.29 is 97.2 Å². The zero-order valence-electron chi connectivity index (χ0n) is 15.5. The van der Waals surface area contributed by atoms with Crippen LogP contribution in [0, 0.1) is 42.5 Å². The van der Waals surface area contributed by atoms with Gasteiger partial charge in [0.2, 0.25) is 0 Å². The monoisotopic (exact) mass is 610 g/mol. The molecule has 0 saturated heterocycles. The molecular formula is C10H28Ag2N4O12+2.